The van der Waals surface area contributed by atoms with Crippen molar-refractivity contribution in [2.24, 2.45) is 0 Å². The van der Waals surface area contributed by atoms with Crippen molar-refractivity contribution in [3.8, 4) is 0 Å². The van der Waals surface area contributed by atoms with Gasteiger partial charge in [0.15, 0.2) is 5.78 Å². The van der Waals surface area contributed by atoms with E-state index in [4.69, 9.17) is 0 Å². The fourth-order valence-corrected chi connectivity index (χ4v) is 1.16. The molecule has 0 saturated carbocycles. The Kier molecular flexibility index (Phi) is 3.92. The van der Waals surface area contributed by atoms with Crippen molar-refractivity contribution < 1.29 is 4.79 Å². The highest BCUT2D eigenvalue weighted by Crippen LogP contribution is 2.02. The zero-order chi connectivity index (χ0) is 10.4. The van der Waals surface area contributed by atoms with Crippen LogP contribution in [-0.4, -0.2) is 17.7 Å². The van der Waals surface area contributed by atoms with Crippen LogP contribution in [0.5, 0.6) is 0 Å². The molecule has 0 aliphatic carbocycles. The van der Waals surface area contributed by atoms with E-state index in [9.17, 15) is 4.79 Å². The van der Waals surface area contributed by atoms with Crippen molar-refractivity contribution in [2.75, 3.05) is 7.05 Å². The van der Waals surface area contributed by atoms with Crippen LogP contribution in [0.2, 0.25) is 0 Å². The zero-order valence-corrected chi connectivity index (χ0v) is 8.60. The van der Waals surface area contributed by atoms with E-state index in [1.165, 1.54) is 5.56 Å². The Labute approximate surface area is 84.9 Å². The van der Waals surface area contributed by atoms with Crippen LogP contribution in [0.15, 0.2) is 42.6 Å². The van der Waals surface area contributed by atoms with Gasteiger partial charge in [-0.1, -0.05) is 30.3 Å². The van der Waals surface area contributed by atoms with Gasteiger partial charge in [0.05, 0.1) is 0 Å². The van der Waals surface area contributed by atoms with E-state index in [1.807, 2.05) is 30.1 Å². The molecule has 0 aromatic heterocycles. The van der Waals surface area contributed by atoms with Crippen LogP contribution < -0.4 is 0 Å². The van der Waals surface area contributed by atoms with Gasteiger partial charge in [-0.05, 0) is 18.6 Å². The number of benzene rings is 1. The number of carbonyl (C=O) groups excluding carboxylic acids is 1. The lowest BCUT2D eigenvalue weighted by Crippen LogP contribution is -2.10. The second-order valence-electron chi connectivity index (χ2n) is 3.33. The molecule has 0 atom stereocenters. The number of carbonyl (C=O) groups is 1. The maximum absolute atomic E-state index is 10.7. The van der Waals surface area contributed by atoms with E-state index >= 15 is 0 Å². The summed E-state index contributed by atoms with van der Waals surface area (Å²) >= 11 is 0. The molecule has 0 N–H and O–H groups in total. The predicted molar refractivity (Wildman–Crippen MR) is 57.7 cm³/mol. The molecule has 0 amide bonds. The molecule has 74 valence electrons. The first-order valence-corrected chi connectivity index (χ1v) is 4.61. The lowest BCUT2D eigenvalue weighted by atomic mass is 10.2. The van der Waals surface area contributed by atoms with Crippen LogP contribution >= 0.6 is 0 Å². The van der Waals surface area contributed by atoms with Crippen LogP contribution in [0.3, 0.4) is 0 Å². The first-order valence-electron chi connectivity index (χ1n) is 4.61. The molecule has 0 saturated heterocycles. The molecule has 0 heterocycles. The Morgan fingerprint density at radius 3 is 2.57 bits per heavy atom. The number of ketones is 1. The quantitative estimate of drug-likeness (QED) is 0.677. The summed E-state index contributed by atoms with van der Waals surface area (Å²) in [6, 6.07) is 10.2. The molecule has 0 bridgehead atoms. The summed E-state index contributed by atoms with van der Waals surface area (Å²) < 4.78 is 0. The summed E-state index contributed by atoms with van der Waals surface area (Å²) in [6.45, 7) is 2.37. The largest absolute Gasteiger partial charge is 0.376 e. The van der Waals surface area contributed by atoms with Gasteiger partial charge in [-0.3, -0.25) is 4.79 Å². The van der Waals surface area contributed by atoms with Gasteiger partial charge in [-0.2, -0.15) is 0 Å². The molecule has 0 aliphatic heterocycles. The molecule has 2 heteroatoms. The number of nitrogens with zero attached hydrogens (tertiary/aromatic N) is 1. The van der Waals surface area contributed by atoms with Gasteiger partial charge in [-0.15, -0.1) is 0 Å². The fourth-order valence-electron chi connectivity index (χ4n) is 1.16. The fraction of sp³-hybridized carbons (Fsp3) is 0.250. The third-order valence-corrected chi connectivity index (χ3v) is 1.84. The molecule has 0 aliphatic rings. The van der Waals surface area contributed by atoms with Gasteiger partial charge >= 0.3 is 0 Å². The molecule has 0 unspecified atom stereocenters. The standard InChI is InChI=1S/C12H15NO/c1-11(14)8-9-13(2)10-12-6-4-3-5-7-12/h3-9H,10H2,1-2H3/b9-8+. The van der Waals surface area contributed by atoms with Crippen molar-refractivity contribution >= 4 is 5.78 Å². The third kappa shape index (κ3) is 3.90. The van der Waals surface area contributed by atoms with Crippen molar-refractivity contribution in [3.63, 3.8) is 0 Å². The molecule has 2 nitrogen and oxygen atoms in total. The van der Waals surface area contributed by atoms with E-state index in [-0.39, 0.29) is 5.78 Å². The van der Waals surface area contributed by atoms with Gasteiger partial charge in [0.25, 0.3) is 0 Å². The molecular formula is C12H15NO. The number of rotatable bonds is 4. The topological polar surface area (TPSA) is 20.3 Å². The van der Waals surface area contributed by atoms with Crippen LogP contribution in [0, 0.1) is 0 Å². The van der Waals surface area contributed by atoms with E-state index < -0.39 is 0 Å². The lowest BCUT2D eigenvalue weighted by molar-refractivity contribution is -0.112. The summed E-state index contributed by atoms with van der Waals surface area (Å²) in [4.78, 5) is 12.7. The Morgan fingerprint density at radius 2 is 2.00 bits per heavy atom. The van der Waals surface area contributed by atoms with Crippen LogP contribution in [0.25, 0.3) is 0 Å². The molecular weight excluding hydrogens is 174 g/mol. The summed E-state index contributed by atoms with van der Waals surface area (Å²) in [7, 11) is 1.95. The maximum Gasteiger partial charge on any atom is 0.154 e. The van der Waals surface area contributed by atoms with Gasteiger partial charge in [0, 0.05) is 19.8 Å². The Balaban J connectivity index is 2.49. The predicted octanol–water partition coefficient (Wildman–Crippen LogP) is 2.22. The minimum atomic E-state index is 0.0740. The van der Waals surface area contributed by atoms with Crippen LogP contribution in [0.1, 0.15) is 12.5 Å². The summed E-state index contributed by atoms with van der Waals surface area (Å²) in [5, 5.41) is 0. The van der Waals surface area contributed by atoms with E-state index in [0.717, 1.165) is 6.54 Å². The monoisotopic (exact) mass is 189 g/mol. The molecule has 1 rings (SSSR count). The van der Waals surface area contributed by atoms with Crippen LogP contribution in [-0.2, 0) is 11.3 Å². The molecule has 0 spiro atoms. The van der Waals surface area contributed by atoms with E-state index in [0.29, 0.717) is 0 Å². The first-order chi connectivity index (χ1) is 6.68. The number of hydrogen-bond acceptors (Lipinski definition) is 2. The minimum Gasteiger partial charge on any atom is -0.376 e. The van der Waals surface area contributed by atoms with Gasteiger partial charge in [0.1, 0.15) is 0 Å². The molecule has 1 aromatic rings. The SMILES string of the molecule is CC(=O)/C=C/N(C)Cc1ccccc1. The average Bonchev–Trinajstić information content (AvgIpc) is 2.16. The summed E-state index contributed by atoms with van der Waals surface area (Å²) in [5.74, 6) is 0.0740. The lowest BCUT2D eigenvalue weighted by Gasteiger charge is -2.13. The van der Waals surface area contributed by atoms with Gasteiger partial charge in [-0.25, -0.2) is 0 Å². The number of allylic oxidation sites excluding steroid dienone is 1. The molecule has 0 fully saturated rings. The second-order valence-corrected chi connectivity index (χ2v) is 3.33. The Bertz CT molecular complexity index is 316. The Morgan fingerprint density at radius 1 is 1.36 bits per heavy atom. The highest BCUT2D eigenvalue weighted by Gasteiger charge is 1.93. The molecule has 1 aromatic carbocycles. The smallest absolute Gasteiger partial charge is 0.154 e. The Hall–Kier alpha value is -1.57. The van der Waals surface area contributed by atoms with E-state index in [1.54, 1.807) is 19.2 Å². The maximum atomic E-state index is 10.7. The number of hydrogen-bond donors (Lipinski definition) is 0. The van der Waals surface area contributed by atoms with Crippen molar-refractivity contribution in [1.29, 1.82) is 0 Å². The normalized spacial score (nSPS) is 10.4. The highest BCUT2D eigenvalue weighted by molar-refractivity contribution is 5.87. The summed E-state index contributed by atoms with van der Waals surface area (Å²) in [6.07, 6.45) is 3.37. The van der Waals surface area contributed by atoms with Crippen molar-refractivity contribution in [3.05, 3.63) is 48.2 Å². The summed E-state index contributed by atoms with van der Waals surface area (Å²) in [5.41, 5.74) is 1.24. The average molecular weight is 189 g/mol. The third-order valence-electron chi connectivity index (χ3n) is 1.84. The first kappa shape index (κ1) is 10.5. The van der Waals surface area contributed by atoms with Crippen molar-refractivity contribution in [2.45, 2.75) is 13.5 Å². The molecule has 14 heavy (non-hydrogen) atoms. The van der Waals surface area contributed by atoms with E-state index in [2.05, 4.69) is 12.1 Å². The second kappa shape index (κ2) is 5.22. The van der Waals surface area contributed by atoms with Crippen LogP contribution in [0.4, 0.5) is 0 Å². The van der Waals surface area contributed by atoms with Gasteiger partial charge in [0.2, 0.25) is 0 Å². The van der Waals surface area contributed by atoms with Crippen molar-refractivity contribution in [1.82, 2.24) is 4.90 Å². The minimum absolute atomic E-state index is 0.0740. The molecule has 0 radical (unpaired) electrons. The highest BCUT2D eigenvalue weighted by atomic mass is 16.1. The zero-order valence-electron chi connectivity index (χ0n) is 8.60. The van der Waals surface area contributed by atoms with Gasteiger partial charge < -0.3 is 4.90 Å².